The van der Waals surface area contributed by atoms with Crippen LogP contribution in [0.5, 0.6) is 11.5 Å². The average molecular weight is 695 g/mol. The number of benzene rings is 6. The van der Waals surface area contributed by atoms with Crippen molar-refractivity contribution in [2.24, 2.45) is 0 Å². The standard InChI is InChI=1S/C47H48B2N2O2/c1-30(2)40-15-12-16-41(31(3)4)47(40)49-51(43-24-18-33(6)28-45(43)53-49)39-21-19-36(20-22-39)29-37-26-34(7)25-35(8)46(37)48-50(38-13-10-9-11-14-38)42-23-17-32(5)27-44(42)52-48/h9-28,30-31H,29H2,1-8H3. The molecular weight excluding hydrogens is 646 g/mol. The van der Waals surface area contributed by atoms with Crippen molar-refractivity contribution < 1.29 is 9.31 Å². The second-order valence-electron chi connectivity index (χ2n) is 15.6. The van der Waals surface area contributed by atoms with Crippen molar-refractivity contribution >= 4 is 47.8 Å². The van der Waals surface area contributed by atoms with E-state index in [4.69, 9.17) is 9.31 Å². The van der Waals surface area contributed by atoms with Crippen molar-refractivity contribution in [3.05, 3.63) is 166 Å². The first-order valence-electron chi connectivity index (χ1n) is 19.1. The first kappa shape index (κ1) is 34.7. The van der Waals surface area contributed by atoms with Gasteiger partial charge in [-0.3, -0.25) is 0 Å². The van der Waals surface area contributed by atoms with Crippen LogP contribution in [0.4, 0.5) is 22.7 Å². The molecule has 0 atom stereocenters. The van der Waals surface area contributed by atoms with E-state index in [1.807, 2.05) is 0 Å². The number of para-hydroxylation sites is 1. The maximum absolute atomic E-state index is 6.94. The monoisotopic (exact) mass is 694 g/mol. The van der Waals surface area contributed by atoms with Crippen molar-refractivity contribution in [2.45, 2.75) is 73.6 Å². The van der Waals surface area contributed by atoms with Gasteiger partial charge in [-0.1, -0.05) is 112 Å². The molecule has 0 aliphatic carbocycles. The summed E-state index contributed by atoms with van der Waals surface area (Å²) in [5.41, 5.74) is 17.0. The van der Waals surface area contributed by atoms with Crippen LogP contribution >= 0.6 is 0 Å². The molecule has 2 aliphatic rings. The summed E-state index contributed by atoms with van der Waals surface area (Å²) in [7, 11) is -0.531. The Bertz CT molecular complexity index is 2280. The number of aryl methyl sites for hydroxylation is 4. The Morgan fingerprint density at radius 3 is 1.58 bits per heavy atom. The van der Waals surface area contributed by atoms with E-state index < -0.39 is 0 Å². The Labute approximate surface area is 316 Å². The van der Waals surface area contributed by atoms with Crippen LogP contribution in [-0.4, -0.2) is 14.1 Å². The molecule has 4 nitrogen and oxygen atoms in total. The Balaban J connectivity index is 1.18. The number of fused-ring (bicyclic) bond motifs is 2. The van der Waals surface area contributed by atoms with Crippen molar-refractivity contribution in [1.29, 1.82) is 0 Å². The Morgan fingerprint density at radius 2 is 1.04 bits per heavy atom. The topological polar surface area (TPSA) is 24.9 Å². The molecule has 8 rings (SSSR count). The minimum absolute atomic E-state index is 0.256. The average Bonchev–Trinajstić information content (AvgIpc) is 3.69. The predicted octanol–water partition coefficient (Wildman–Crippen LogP) is 10.6. The third-order valence-electron chi connectivity index (χ3n) is 10.9. The fourth-order valence-corrected chi connectivity index (χ4v) is 8.40. The highest BCUT2D eigenvalue weighted by Gasteiger charge is 2.44. The van der Waals surface area contributed by atoms with Gasteiger partial charge in [0.15, 0.2) is 0 Å². The van der Waals surface area contributed by atoms with Gasteiger partial charge in [0.25, 0.3) is 0 Å². The highest BCUT2D eigenvalue weighted by atomic mass is 16.5. The molecule has 53 heavy (non-hydrogen) atoms. The second kappa shape index (κ2) is 13.9. The third-order valence-corrected chi connectivity index (χ3v) is 10.9. The van der Waals surface area contributed by atoms with Gasteiger partial charge in [-0.15, -0.1) is 0 Å². The molecule has 2 heterocycles. The summed E-state index contributed by atoms with van der Waals surface area (Å²) >= 11 is 0. The van der Waals surface area contributed by atoms with Gasteiger partial charge in [-0.2, -0.15) is 0 Å². The number of hydrogen-bond donors (Lipinski definition) is 0. The quantitative estimate of drug-likeness (QED) is 0.148. The number of rotatable bonds is 8. The number of anilines is 4. The maximum Gasteiger partial charge on any atom is 0.524 e. The summed E-state index contributed by atoms with van der Waals surface area (Å²) < 4.78 is 13.8. The molecular formula is C47H48B2N2O2. The van der Waals surface area contributed by atoms with Gasteiger partial charge in [0.1, 0.15) is 11.5 Å². The van der Waals surface area contributed by atoms with Crippen LogP contribution in [0.2, 0.25) is 0 Å². The zero-order chi connectivity index (χ0) is 37.0. The highest BCUT2D eigenvalue weighted by Crippen LogP contribution is 2.43. The van der Waals surface area contributed by atoms with Gasteiger partial charge in [0, 0.05) is 11.4 Å². The fourth-order valence-electron chi connectivity index (χ4n) is 8.40. The van der Waals surface area contributed by atoms with Gasteiger partial charge in [0.05, 0.1) is 11.4 Å². The van der Waals surface area contributed by atoms with Gasteiger partial charge >= 0.3 is 14.1 Å². The molecule has 0 N–H and O–H groups in total. The lowest BCUT2D eigenvalue weighted by Gasteiger charge is -2.28. The fraction of sp³-hybridized carbons (Fsp3) is 0.234. The van der Waals surface area contributed by atoms with Crippen LogP contribution in [0.15, 0.2) is 121 Å². The van der Waals surface area contributed by atoms with Gasteiger partial charge < -0.3 is 18.9 Å². The summed E-state index contributed by atoms with van der Waals surface area (Å²) in [4.78, 5) is 4.75. The Morgan fingerprint density at radius 1 is 0.509 bits per heavy atom. The molecule has 0 unspecified atom stereocenters. The molecule has 0 bridgehead atoms. The van der Waals surface area contributed by atoms with Gasteiger partial charge in [-0.05, 0) is 139 Å². The van der Waals surface area contributed by atoms with E-state index in [0.29, 0.717) is 11.8 Å². The summed E-state index contributed by atoms with van der Waals surface area (Å²) in [6.45, 7) is 17.8. The van der Waals surface area contributed by atoms with Crippen LogP contribution in [0.1, 0.15) is 84.0 Å². The first-order chi connectivity index (χ1) is 25.6. The SMILES string of the molecule is Cc1cc(C)c(B2Oc3cc(C)ccc3N2c2ccccc2)c(Cc2ccc(N3B(c4c(C(C)C)cccc4C(C)C)Oc4cc(C)ccc43)cc2)c1. The first-order valence-corrected chi connectivity index (χ1v) is 19.1. The van der Waals surface area contributed by atoms with E-state index in [2.05, 4.69) is 186 Å². The zero-order valence-corrected chi connectivity index (χ0v) is 32.3. The lowest BCUT2D eigenvalue weighted by atomic mass is 9.64. The minimum Gasteiger partial charge on any atom is -0.536 e. The van der Waals surface area contributed by atoms with Gasteiger partial charge in [-0.25, -0.2) is 0 Å². The van der Waals surface area contributed by atoms with E-state index in [1.165, 1.54) is 55.4 Å². The third kappa shape index (κ3) is 6.39. The smallest absolute Gasteiger partial charge is 0.524 e. The number of nitrogens with zero attached hydrogens (tertiary/aromatic N) is 2. The molecule has 6 aromatic carbocycles. The molecule has 0 radical (unpaired) electrons. The van der Waals surface area contributed by atoms with E-state index in [1.54, 1.807) is 0 Å². The van der Waals surface area contributed by atoms with Crippen LogP contribution in [-0.2, 0) is 6.42 Å². The molecule has 0 saturated carbocycles. The second-order valence-corrected chi connectivity index (χ2v) is 15.6. The van der Waals surface area contributed by atoms with Gasteiger partial charge in [0.2, 0.25) is 0 Å². The molecule has 264 valence electrons. The number of hydrogen-bond acceptors (Lipinski definition) is 4. The lowest BCUT2D eigenvalue weighted by molar-refractivity contribution is 0.601. The molecule has 6 aromatic rings. The lowest BCUT2D eigenvalue weighted by Crippen LogP contribution is -2.50. The molecule has 0 aromatic heterocycles. The van der Waals surface area contributed by atoms with Crippen LogP contribution in [0.3, 0.4) is 0 Å². The molecule has 0 fully saturated rings. The van der Waals surface area contributed by atoms with Crippen LogP contribution in [0.25, 0.3) is 0 Å². The molecule has 0 saturated heterocycles. The molecule has 6 heteroatoms. The molecule has 2 aliphatic heterocycles. The zero-order valence-electron chi connectivity index (χ0n) is 32.3. The van der Waals surface area contributed by atoms with Crippen LogP contribution < -0.4 is 29.9 Å². The minimum atomic E-state index is -0.275. The van der Waals surface area contributed by atoms with E-state index in [0.717, 1.165) is 40.7 Å². The van der Waals surface area contributed by atoms with E-state index in [-0.39, 0.29) is 14.1 Å². The highest BCUT2D eigenvalue weighted by molar-refractivity contribution is 6.76. The predicted molar refractivity (Wildman–Crippen MR) is 225 cm³/mol. The van der Waals surface area contributed by atoms with E-state index in [9.17, 15) is 0 Å². The largest absolute Gasteiger partial charge is 0.536 e. The normalized spacial score (nSPS) is 13.5. The maximum atomic E-state index is 6.94. The Hall–Kier alpha value is -5.35. The van der Waals surface area contributed by atoms with Crippen molar-refractivity contribution in [3.8, 4) is 11.5 Å². The van der Waals surface area contributed by atoms with Crippen LogP contribution in [0, 0.1) is 27.7 Å². The summed E-state index contributed by atoms with van der Waals surface area (Å²) in [5.74, 6) is 2.59. The molecule has 0 amide bonds. The summed E-state index contributed by atoms with van der Waals surface area (Å²) in [5, 5.41) is 0. The Kier molecular flexibility index (Phi) is 9.10. The van der Waals surface area contributed by atoms with Crippen molar-refractivity contribution in [1.82, 2.24) is 0 Å². The summed E-state index contributed by atoms with van der Waals surface area (Å²) in [6, 6.07) is 44.2. The summed E-state index contributed by atoms with van der Waals surface area (Å²) in [6.07, 6.45) is 0.791. The molecule has 0 spiro atoms. The van der Waals surface area contributed by atoms with Crippen molar-refractivity contribution in [2.75, 3.05) is 9.62 Å². The van der Waals surface area contributed by atoms with E-state index >= 15 is 0 Å². The van der Waals surface area contributed by atoms with Crippen molar-refractivity contribution in [3.63, 3.8) is 0 Å².